The second-order valence-electron chi connectivity index (χ2n) is 7.00. The summed E-state index contributed by atoms with van der Waals surface area (Å²) in [4.78, 5) is 34.9. The first kappa shape index (κ1) is 18.1. The lowest BCUT2D eigenvalue weighted by atomic mass is 9.95. The van der Waals surface area contributed by atoms with Crippen LogP contribution in [0.2, 0.25) is 0 Å². The topological polar surface area (TPSA) is 85.9 Å². The molecule has 3 aromatic rings. The Morgan fingerprint density at radius 2 is 1.89 bits per heavy atom. The van der Waals surface area contributed by atoms with Gasteiger partial charge in [-0.2, -0.15) is 5.10 Å². The Hall–Kier alpha value is -3.29. The average molecular weight is 378 g/mol. The maximum atomic E-state index is 12.6. The SMILES string of the molecule is Cn1nc(C2CCN(C(=O)c3ccncn3)CC2)n(Cc2ccccc2)c1=O. The van der Waals surface area contributed by atoms with E-state index in [2.05, 4.69) is 15.1 Å². The smallest absolute Gasteiger partial charge is 0.337 e. The summed E-state index contributed by atoms with van der Waals surface area (Å²) in [5.41, 5.74) is 1.36. The van der Waals surface area contributed by atoms with Gasteiger partial charge in [-0.05, 0) is 24.5 Å². The Labute approximate surface area is 162 Å². The van der Waals surface area contributed by atoms with E-state index in [0.29, 0.717) is 25.3 Å². The van der Waals surface area contributed by atoms with Gasteiger partial charge in [0.15, 0.2) is 0 Å². The second-order valence-corrected chi connectivity index (χ2v) is 7.00. The number of hydrogen-bond acceptors (Lipinski definition) is 5. The van der Waals surface area contributed by atoms with E-state index in [1.54, 1.807) is 28.8 Å². The van der Waals surface area contributed by atoms with Gasteiger partial charge in [0, 0.05) is 32.3 Å². The number of hydrogen-bond donors (Lipinski definition) is 0. The highest BCUT2D eigenvalue weighted by Crippen LogP contribution is 2.27. The second kappa shape index (κ2) is 7.75. The van der Waals surface area contributed by atoms with E-state index in [1.165, 1.54) is 11.0 Å². The molecule has 0 saturated carbocycles. The summed E-state index contributed by atoms with van der Waals surface area (Å²) >= 11 is 0. The molecule has 8 nitrogen and oxygen atoms in total. The summed E-state index contributed by atoms with van der Waals surface area (Å²) in [7, 11) is 1.68. The summed E-state index contributed by atoms with van der Waals surface area (Å²) < 4.78 is 3.15. The third kappa shape index (κ3) is 3.58. The van der Waals surface area contributed by atoms with E-state index < -0.39 is 0 Å². The van der Waals surface area contributed by atoms with E-state index in [-0.39, 0.29) is 17.5 Å². The summed E-state index contributed by atoms with van der Waals surface area (Å²) in [6.45, 7) is 1.73. The lowest BCUT2D eigenvalue weighted by Crippen LogP contribution is -2.39. The molecule has 1 fully saturated rings. The van der Waals surface area contributed by atoms with Gasteiger partial charge in [0.25, 0.3) is 5.91 Å². The highest BCUT2D eigenvalue weighted by atomic mass is 16.2. The van der Waals surface area contributed by atoms with Gasteiger partial charge in [0.05, 0.1) is 6.54 Å². The number of carbonyl (C=O) groups excluding carboxylic acids is 1. The molecule has 0 unspecified atom stereocenters. The molecule has 0 N–H and O–H groups in total. The largest absolute Gasteiger partial charge is 0.345 e. The van der Waals surface area contributed by atoms with Crippen molar-refractivity contribution in [2.24, 2.45) is 7.05 Å². The normalized spacial score (nSPS) is 15.0. The zero-order valence-electron chi connectivity index (χ0n) is 15.7. The van der Waals surface area contributed by atoms with Gasteiger partial charge in [-0.1, -0.05) is 30.3 Å². The van der Waals surface area contributed by atoms with Crippen molar-refractivity contribution < 1.29 is 4.79 Å². The first-order valence-electron chi connectivity index (χ1n) is 9.36. The standard InChI is InChI=1S/C20H22N6O2/c1-24-20(28)26(13-15-5-3-2-4-6-15)18(23-24)16-8-11-25(12-9-16)19(27)17-7-10-21-14-22-17/h2-7,10,14,16H,8-9,11-13H2,1H3. The molecule has 28 heavy (non-hydrogen) atoms. The van der Waals surface area contributed by atoms with Crippen LogP contribution in [0.4, 0.5) is 0 Å². The molecule has 4 rings (SSSR count). The number of benzene rings is 1. The fourth-order valence-electron chi connectivity index (χ4n) is 3.66. The van der Waals surface area contributed by atoms with Crippen molar-refractivity contribution in [1.29, 1.82) is 0 Å². The number of amides is 1. The zero-order valence-corrected chi connectivity index (χ0v) is 15.7. The number of likely N-dealkylation sites (tertiary alicyclic amines) is 1. The molecule has 1 aliphatic heterocycles. The zero-order chi connectivity index (χ0) is 19.5. The van der Waals surface area contributed by atoms with Crippen LogP contribution >= 0.6 is 0 Å². The van der Waals surface area contributed by atoms with Crippen molar-refractivity contribution >= 4 is 5.91 Å². The lowest BCUT2D eigenvalue weighted by molar-refractivity contribution is 0.0704. The molecule has 0 spiro atoms. The van der Waals surface area contributed by atoms with Gasteiger partial charge in [0.2, 0.25) is 0 Å². The molecule has 1 aliphatic rings. The Kier molecular flexibility index (Phi) is 5.01. The minimum atomic E-state index is -0.113. The maximum Gasteiger partial charge on any atom is 0.345 e. The summed E-state index contributed by atoms with van der Waals surface area (Å²) in [5.74, 6) is 0.862. The lowest BCUT2D eigenvalue weighted by Gasteiger charge is -2.31. The Bertz CT molecular complexity index is 1000. The number of piperidine rings is 1. The van der Waals surface area contributed by atoms with Crippen LogP contribution in [-0.2, 0) is 13.6 Å². The van der Waals surface area contributed by atoms with Crippen LogP contribution in [0, 0.1) is 0 Å². The van der Waals surface area contributed by atoms with E-state index in [9.17, 15) is 9.59 Å². The molecule has 2 aromatic heterocycles. The molecule has 1 saturated heterocycles. The Morgan fingerprint density at radius 3 is 2.57 bits per heavy atom. The van der Waals surface area contributed by atoms with Crippen molar-refractivity contribution in [3.63, 3.8) is 0 Å². The highest BCUT2D eigenvalue weighted by Gasteiger charge is 2.29. The van der Waals surface area contributed by atoms with Crippen molar-refractivity contribution in [2.45, 2.75) is 25.3 Å². The Balaban J connectivity index is 1.50. The van der Waals surface area contributed by atoms with Crippen molar-refractivity contribution in [3.05, 3.63) is 76.5 Å². The molecule has 0 radical (unpaired) electrons. The van der Waals surface area contributed by atoms with Crippen LogP contribution in [0.25, 0.3) is 0 Å². The molecule has 0 aliphatic carbocycles. The fourth-order valence-corrected chi connectivity index (χ4v) is 3.66. The summed E-state index contributed by atoms with van der Waals surface area (Å²) in [5, 5.41) is 4.50. The third-order valence-corrected chi connectivity index (χ3v) is 5.17. The van der Waals surface area contributed by atoms with Crippen molar-refractivity contribution in [1.82, 2.24) is 29.2 Å². The molecule has 0 atom stereocenters. The molecule has 3 heterocycles. The van der Waals surface area contributed by atoms with Gasteiger partial charge < -0.3 is 4.90 Å². The van der Waals surface area contributed by atoms with Crippen LogP contribution in [0.1, 0.15) is 40.6 Å². The highest BCUT2D eigenvalue weighted by molar-refractivity contribution is 5.92. The summed E-state index contributed by atoms with van der Waals surface area (Å²) in [6.07, 6.45) is 4.49. The average Bonchev–Trinajstić information content (AvgIpc) is 3.03. The number of aryl methyl sites for hydroxylation is 1. The van der Waals surface area contributed by atoms with Gasteiger partial charge in [-0.15, -0.1) is 0 Å². The van der Waals surface area contributed by atoms with Crippen LogP contribution in [0.15, 0.2) is 53.7 Å². The number of aromatic nitrogens is 5. The first-order valence-corrected chi connectivity index (χ1v) is 9.36. The quantitative estimate of drug-likeness (QED) is 0.686. The number of carbonyl (C=O) groups is 1. The maximum absolute atomic E-state index is 12.6. The van der Waals surface area contributed by atoms with Crippen LogP contribution in [0.5, 0.6) is 0 Å². The monoisotopic (exact) mass is 378 g/mol. The van der Waals surface area contributed by atoms with Crippen LogP contribution < -0.4 is 5.69 Å². The summed E-state index contributed by atoms with van der Waals surface area (Å²) in [6, 6.07) is 11.5. The minimum absolute atomic E-state index is 0.0800. The number of nitrogens with zero attached hydrogens (tertiary/aromatic N) is 6. The molecule has 0 bridgehead atoms. The molecule has 8 heteroatoms. The predicted octanol–water partition coefficient (Wildman–Crippen LogP) is 1.44. The first-order chi connectivity index (χ1) is 13.6. The van der Waals surface area contributed by atoms with Crippen molar-refractivity contribution in [2.75, 3.05) is 13.1 Å². The molecular formula is C20H22N6O2. The third-order valence-electron chi connectivity index (χ3n) is 5.17. The number of rotatable bonds is 4. The van der Waals surface area contributed by atoms with Gasteiger partial charge in [0.1, 0.15) is 17.8 Å². The molecular weight excluding hydrogens is 356 g/mol. The fraction of sp³-hybridized carbons (Fsp3) is 0.350. The van der Waals surface area contributed by atoms with E-state index >= 15 is 0 Å². The van der Waals surface area contributed by atoms with E-state index in [4.69, 9.17) is 0 Å². The molecule has 1 aromatic carbocycles. The van der Waals surface area contributed by atoms with E-state index in [1.807, 2.05) is 30.3 Å². The minimum Gasteiger partial charge on any atom is -0.337 e. The molecule has 144 valence electrons. The Morgan fingerprint density at radius 1 is 1.14 bits per heavy atom. The molecule has 1 amide bonds. The van der Waals surface area contributed by atoms with Gasteiger partial charge >= 0.3 is 5.69 Å². The van der Waals surface area contributed by atoms with Crippen LogP contribution in [0.3, 0.4) is 0 Å². The van der Waals surface area contributed by atoms with Crippen LogP contribution in [-0.4, -0.2) is 48.2 Å². The van der Waals surface area contributed by atoms with Gasteiger partial charge in [-0.25, -0.2) is 19.4 Å². The van der Waals surface area contributed by atoms with Crippen molar-refractivity contribution in [3.8, 4) is 0 Å². The van der Waals surface area contributed by atoms with Gasteiger partial charge in [-0.3, -0.25) is 9.36 Å². The predicted molar refractivity (Wildman–Crippen MR) is 103 cm³/mol. The van der Waals surface area contributed by atoms with E-state index in [0.717, 1.165) is 24.2 Å².